The third-order valence-electron chi connectivity index (χ3n) is 3.95. The first-order valence-corrected chi connectivity index (χ1v) is 8.90. The Bertz CT molecular complexity index is 882. The third kappa shape index (κ3) is 3.88. The highest BCUT2D eigenvalue weighted by molar-refractivity contribution is 7.22. The van der Waals surface area contributed by atoms with Crippen LogP contribution in [0, 0.1) is 0 Å². The molecule has 0 radical (unpaired) electrons. The van der Waals surface area contributed by atoms with E-state index < -0.39 is 0 Å². The summed E-state index contributed by atoms with van der Waals surface area (Å²) in [5.74, 6) is 1.95. The summed E-state index contributed by atoms with van der Waals surface area (Å²) in [5.41, 5.74) is 1.76. The molecule has 1 heterocycles. The van der Waals surface area contributed by atoms with E-state index in [9.17, 15) is 4.79 Å². The van der Waals surface area contributed by atoms with E-state index in [1.54, 1.807) is 27.4 Å². The fourth-order valence-electron chi connectivity index (χ4n) is 2.65. The number of fused-ring (bicyclic) bond motifs is 1. The van der Waals surface area contributed by atoms with Crippen LogP contribution in [0.15, 0.2) is 36.4 Å². The maximum absolute atomic E-state index is 12.3. The van der Waals surface area contributed by atoms with E-state index in [1.165, 1.54) is 11.3 Å². The Kier molecular flexibility index (Phi) is 5.58. The van der Waals surface area contributed by atoms with Gasteiger partial charge in [-0.3, -0.25) is 4.79 Å². The largest absolute Gasteiger partial charge is 0.496 e. The monoisotopic (exact) mass is 372 g/mol. The van der Waals surface area contributed by atoms with Gasteiger partial charge in [-0.15, -0.1) is 0 Å². The van der Waals surface area contributed by atoms with Gasteiger partial charge in [-0.1, -0.05) is 29.5 Å². The van der Waals surface area contributed by atoms with Gasteiger partial charge < -0.3 is 19.5 Å². The number of hydrogen-bond donors (Lipinski definition) is 1. The fourth-order valence-corrected chi connectivity index (χ4v) is 3.54. The van der Waals surface area contributed by atoms with Gasteiger partial charge in [0.05, 0.1) is 31.5 Å². The van der Waals surface area contributed by atoms with Gasteiger partial charge in [-0.05, 0) is 18.1 Å². The predicted molar refractivity (Wildman–Crippen MR) is 103 cm³/mol. The number of rotatable bonds is 7. The second kappa shape index (κ2) is 8.05. The molecule has 136 valence electrons. The minimum atomic E-state index is -0.0890. The van der Waals surface area contributed by atoms with Crippen molar-refractivity contribution in [3.63, 3.8) is 0 Å². The number of anilines is 1. The first-order chi connectivity index (χ1) is 12.6. The Morgan fingerprint density at radius 2 is 1.73 bits per heavy atom. The number of nitrogens with one attached hydrogen (secondary N) is 1. The number of ether oxygens (including phenoxy) is 3. The van der Waals surface area contributed by atoms with E-state index in [4.69, 9.17) is 14.2 Å². The summed E-state index contributed by atoms with van der Waals surface area (Å²) in [6, 6.07) is 11.4. The van der Waals surface area contributed by atoms with Crippen molar-refractivity contribution in [1.82, 2.24) is 4.98 Å². The zero-order valence-electron chi connectivity index (χ0n) is 14.9. The summed E-state index contributed by atoms with van der Waals surface area (Å²) in [4.78, 5) is 16.7. The van der Waals surface area contributed by atoms with Crippen molar-refractivity contribution in [2.24, 2.45) is 0 Å². The second-order valence-corrected chi connectivity index (χ2v) is 6.58. The van der Waals surface area contributed by atoms with Crippen LogP contribution in [-0.2, 0) is 11.2 Å². The Hall–Kier alpha value is -2.80. The van der Waals surface area contributed by atoms with Gasteiger partial charge in [0.1, 0.15) is 5.75 Å². The molecule has 0 aliphatic heterocycles. The molecule has 0 bridgehead atoms. The highest BCUT2D eigenvalue weighted by Gasteiger charge is 2.13. The summed E-state index contributed by atoms with van der Waals surface area (Å²) in [7, 11) is 4.80. The van der Waals surface area contributed by atoms with Crippen molar-refractivity contribution >= 4 is 32.6 Å². The molecule has 3 aromatic rings. The minimum Gasteiger partial charge on any atom is -0.496 e. The van der Waals surface area contributed by atoms with Crippen LogP contribution in [0.1, 0.15) is 12.0 Å². The molecule has 3 rings (SSSR count). The first-order valence-electron chi connectivity index (χ1n) is 8.09. The number of benzene rings is 2. The summed E-state index contributed by atoms with van der Waals surface area (Å²) >= 11 is 1.40. The lowest BCUT2D eigenvalue weighted by Gasteiger charge is -2.07. The van der Waals surface area contributed by atoms with Crippen LogP contribution in [-0.4, -0.2) is 32.2 Å². The number of hydrogen-bond acceptors (Lipinski definition) is 6. The zero-order valence-corrected chi connectivity index (χ0v) is 15.7. The van der Waals surface area contributed by atoms with Crippen molar-refractivity contribution in [2.45, 2.75) is 12.8 Å². The molecule has 0 saturated carbocycles. The van der Waals surface area contributed by atoms with Crippen molar-refractivity contribution in [1.29, 1.82) is 0 Å². The summed E-state index contributed by atoms with van der Waals surface area (Å²) in [6.45, 7) is 0. The van der Waals surface area contributed by atoms with Crippen LogP contribution >= 0.6 is 11.3 Å². The number of aryl methyl sites for hydroxylation is 1. The molecule has 0 aliphatic rings. The molecule has 0 spiro atoms. The lowest BCUT2D eigenvalue weighted by Crippen LogP contribution is -2.12. The zero-order chi connectivity index (χ0) is 18.5. The van der Waals surface area contributed by atoms with Crippen LogP contribution in [0.2, 0.25) is 0 Å². The van der Waals surface area contributed by atoms with E-state index >= 15 is 0 Å². The van der Waals surface area contributed by atoms with Gasteiger partial charge >= 0.3 is 0 Å². The van der Waals surface area contributed by atoms with E-state index in [2.05, 4.69) is 10.3 Å². The number of nitrogens with zero attached hydrogens (tertiary/aromatic N) is 1. The Morgan fingerprint density at radius 1 is 1.04 bits per heavy atom. The topological polar surface area (TPSA) is 69.7 Å². The fraction of sp³-hybridized carbons (Fsp3) is 0.263. The quantitative estimate of drug-likeness (QED) is 0.681. The molecule has 6 nitrogen and oxygen atoms in total. The highest BCUT2D eigenvalue weighted by atomic mass is 32.1. The number of carbonyl (C=O) groups is 1. The lowest BCUT2D eigenvalue weighted by atomic mass is 10.1. The maximum atomic E-state index is 12.3. The van der Waals surface area contributed by atoms with Crippen LogP contribution in [0.3, 0.4) is 0 Å². The smallest absolute Gasteiger partial charge is 0.226 e. The van der Waals surface area contributed by atoms with Gasteiger partial charge in [-0.2, -0.15) is 0 Å². The summed E-state index contributed by atoms with van der Waals surface area (Å²) in [6.07, 6.45) is 0.950. The van der Waals surface area contributed by atoms with E-state index in [1.807, 2.05) is 30.3 Å². The van der Waals surface area contributed by atoms with Crippen LogP contribution in [0.25, 0.3) is 10.2 Å². The molecule has 1 N–H and O–H groups in total. The van der Waals surface area contributed by atoms with Crippen molar-refractivity contribution in [3.8, 4) is 17.2 Å². The normalized spacial score (nSPS) is 10.6. The molecule has 1 amide bonds. The standard InChI is InChI=1S/C19H20N2O4S/c1-23-14-7-5-4-6-12(14)8-9-18(22)21-19-20-13-10-15(24-2)16(25-3)11-17(13)26-19/h4-7,10-11H,8-9H2,1-3H3,(H,20,21,22). The maximum Gasteiger partial charge on any atom is 0.226 e. The molecular formula is C19H20N2O4S. The van der Waals surface area contributed by atoms with Gasteiger partial charge in [0.25, 0.3) is 0 Å². The number of amides is 1. The average molecular weight is 372 g/mol. The molecule has 7 heteroatoms. The van der Waals surface area contributed by atoms with Crippen molar-refractivity contribution in [3.05, 3.63) is 42.0 Å². The second-order valence-electron chi connectivity index (χ2n) is 5.55. The van der Waals surface area contributed by atoms with Gasteiger partial charge in [-0.25, -0.2) is 4.98 Å². The summed E-state index contributed by atoms with van der Waals surface area (Å²) in [5, 5.41) is 3.42. The molecule has 2 aromatic carbocycles. The SMILES string of the molecule is COc1ccccc1CCC(=O)Nc1nc2cc(OC)c(OC)cc2s1. The van der Waals surface area contributed by atoms with Crippen LogP contribution in [0.4, 0.5) is 5.13 Å². The Balaban J connectivity index is 1.69. The number of methoxy groups -OCH3 is 3. The summed E-state index contributed by atoms with van der Waals surface area (Å²) < 4.78 is 16.8. The lowest BCUT2D eigenvalue weighted by molar-refractivity contribution is -0.116. The number of aromatic nitrogens is 1. The molecule has 0 aliphatic carbocycles. The van der Waals surface area contributed by atoms with Gasteiger partial charge in [0.15, 0.2) is 16.6 Å². The minimum absolute atomic E-state index is 0.0890. The number of thiazole rings is 1. The van der Waals surface area contributed by atoms with Crippen molar-refractivity contribution in [2.75, 3.05) is 26.6 Å². The molecule has 0 atom stereocenters. The highest BCUT2D eigenvalue weighted by Crippen LogP contribution is 2.36. The Morgan fingerprint density at radius 3 is 2.46 bits per heavy atom. The van der Waals surface area contributed by atoms with Gasteiger partial charge in [0, 0.05) is 18.6 Å². The number of carbonyl (C=O) groups excluding carboxylic acids is 1. The molecule has 0 saturated heterocycles. The molecule has 0 fully saturated rings. The van der Waals surface area contributed by atoms with Crippen molar-refractivity contribution < 1.29 is 19.0 Å². The molecule has 0 unspecified atom stereocenters. The molecule has 1 aromatic heterocycles. The van der Waals surface area contributed by atoms with E-state index in [0.717, 1.165) is 21.5 Å². The van der Waals surface area contributed by atoms with Gasteiger partial charge in [0.2, 0.25) is 5.91 Å². The van der Waals surface area contributed by atoms with E-state index in [0.29, 0.717) is 29.5 Å². The average Bonchev–Trinajstić information content (AvgIpc) is 3.06. The van der Waals surface area contributed by atoms with E-state index in [-0.39, 0.29) is 5.91 Å². The predicted octanol–water partition coefficient (Wildman–Crippen LogP) is 3.89. The third-order valence-corrected chi connectivity index (χ3v) is 4.89. The molecular weight excluding hydrogens is 352 g/mol. The molecule has 26 heavy (non-hydrogen) atoms. The Labute approximate surface area is 155 Å². The number of para-hydroxylation sites is 1. The van der Waals surface area contributed by atoms with Crippen LogP contribution in [0.5, 0.6) is 17.2 Å². The first kappa shape index (κ1) is 18.0. The van der Waals surface area contributed by atoms with Crippen LogP contribution < -0.4 is 19.5 Å².